The second-order valence-corrected chi connectivity index (χ2v) is 7.61. The Balaban J connectivity index is 3.25. The van der Waals surface area contributed by atoms with Crippen molar-refractivity contribution in [2.45, 2.75) is 20.8 Å². The number of carbonyl (C=O) groups is 1. The van der Waals surface area contributed by atoms with Crippen LogP contribution in [0.1, 0.15) is 20.8 Å². The van der Waals surface area contributed by atoms with Gasteiger partial charge >= 0.3 is 0 Å². The normalized spacial score (nSPS) is 12.1. The van der Waals surface area contributed by atoms with Gasteiger partial charge in [0.05, 0.1) is 17.6 Å². The Hall–Kier alpha value is -1.63. The van der Waals surface area contributed by atoms with Crippen LogP contribution in [0, 0.1) is 11.2 Å². The number of hydrogen-bond donors (Lipinski definition) is 1. The Morgan fingerprint density at radius 1 is 1.30 bits per heavy atom. The van der Waals surface area contributed by atoms with Crippen molar-refractivity contribution < 1.29 is 17.6 Å². The van der Waals surface area contributed by atoms with Crippen LogP contribution in [0.2, 0.25) is 0 Å². The molecule has 0 aliphatic rings. The van der Waals surface area contributed by atoms with Crippen LogP contribution in [0.4, 0.5) is 15.8 Å². The molecule has 1 amide bonds. The molecule has 20 heavy (non-hydrogen) atoms. The van der Waals surface area contributed by atoms with Crippen LogP contribution < -0.4 is 9.62 Å². The molecule has 5 nitrogen and oxygen atoms in total. The second kappa shape index (κ2) is 5.40. The minimum absolute atomic E-state index is 0.123. The summed E-state index contributed by atoms with van der Waals surface area (Å²) >= 11 is 0. The van der Waals surface area contributed by atoms with Crippen molar-refractivity contribution in [3.05, 3.63) is 24.0 Å². The zero-order valence-electron chi connectivity index (χ0n) is 12.2. The largest absolute Gasteiger partial charge is 0.324 e. The molecule has 0 aromatic heterocycles. The molecule has 7 heteroatoms. The number of carbonyl (C=O) groups excluding carboxylic acids is 1. The number of nitrogens with zero attached hydrogens (tertiary/aromatic N) is 1. The number of sulfonamides is 1. The van der Waals surface area contributed by atoms with Crippen molar-refractivity contribution in [2.75, 3.05) is 22.9 Å². The molecule has 112 valence electrons. The SMILES string of the molecule is CN(c1ccc(F)cc1NC(=O)C(C)(C)C)S(C)(=O)=O. The summed E-state index contributed by atoms with van der Waals surface area (Å²) in [5.41, 5.74) is -0.336. The van der Waals surface area contributed by atoms with Crippen LogP contribution in [-0.2, 0) is 14.8 Å². The molecule has 1 rings (SSSR count). The van der Waals surface area contributed by atoms with Gasteiger partial charge in [-0.2, -0.15) is 0 Å². The van der Waals surface area contributed by atoms with E-state index >= 15 is 0 Å². The first-order valence-corrected chi connectivity index (χ1v) is 7.82. The molecular formula is C13H19FN2O3S. The molecular weight excluding hydrogens is 283 g/mol. The average Bonchev–Trinajstić information content (AvgIpc) is 2.25. The van der Waals surface area contributed by atoms with E-state index in [0.717, 1.165) is 22.7 Å². The first kappa shape index (κ1) is 16.4. The van der Waals surface area contributed by atoms with Crippen molar-refractivity contribution in [1.29, 1.82) is 0 Å². The lowest BCUT2D eigenvalue weighted by atomic mass is 9.95. The van der Waals surface area contributed by atoms with Crippen molar-refractivity contribution in [2.24, 2.45) is 5.41 Å². The van der Waals surface area contributed by atoms with Crippen molar-refractivity contribution in [3.8, 4) is 0 Å². The molecule has 0 aliphatic carbocycles. The Morgan fingerprint density at radius 3 is 2.30 bits per heavy atom. The van der Waals surface area contributed by atoms with Crippen LogP contribution >= 0.6 is 0 Å². The third-order valence-corrected chi connectivity index (χ3v) is 3.92. The standard InChI is InChI=1S/C13H19FN2O3S/c1-13(2,3)12(17)15-10-8-9(14)6-7-11(10)16(4)20(5,18)19/h6-8H,1-5H3,(H,15,17). The summed E-state index contributed by atoms with van der Waals surface area (Å²) in [6, 6.07) is 3.55. The number of nitrogens with one attached hydrogen (secondary N) is 1. The monoisotopic (exact) mass is 302 g/mol. The summed E-state index contributed by atoms with van der Waals surface area (Å²) in [5, 5.41) is 2.56. The predicted octanol–water partition coefficient (Wildman–Crippen LogP) is 2.21. The van der Waals surface area contributed by atoms with Gasteiger partial charge in [0.2, 0.25) is 15.9 Å². The topological polar surface area (TPSA) is 66.5 Å². The van der Waals surface area contributed by atoms with Gasteiger partial charge in [-0.1, -0.05) is 20.8 Å². The van der Waals surface area contributed by atoms with Crippen molar-refractivity contribution in [1.82, 2.24) is 0 Å². The Bertz CT molecular complexity index is 621. The molecule has 1 N–H and O–H groups in total. The van der Waals surface area contributed by atoms with E-state index in [2.05, 4.69) is 5.32 Å². The smallest absolute Gasteiger partial charge is 0.232 e. The molecule has 1 aromatic rings. The van der Waals surface area contributed by atoms with Gasteiger partial charge < -0.3 is 5.32 Å². The van der Waals surface area contributed by atoms with Gasteiger partial charge in [0.25, 0.3) is 0 Å². The van der Waals surface area contributed by atoms with Gasteiger partial charge in [0.15, 0.2) is 0 Å². The van der Waals surface area contributed by atoms with Crippen LogP contribution in [0.3, 0.4) is 0 Å². The first-order chi connectivity index (χ1) is 8.93. The molecule has 0 atom stereocenters. The van der Waals surface area contributed by atoms with E-state index in [1.165, 1.54) is 13.1 Å². The fraction of sp³-hybridized carbons (Fsp3) is 0.462. The van der Waals surface area contributed by atoms with Gasteiger partial charge in [0.1, 0.15) is 5.82 Å². The summed E-state index contributed by atoms with van der Waals surface area (Å²) in [4.78, 5) is 12.0. The van der Waals surface area contributed by atoms with Crippen LogP contribution in [0.15, 0.2) is 18.2 Å². The highest BCUT2D eigenvalue weighted by Crippen LogP contribution is 2.29. The summed E-state index contributed by atoms with van der Waals surface area (Å²) < 4.78 is 37.5. The molecule has 0 spiro atoms. The second-order valence-electron chi connectivity index (χ2n) is 5.60. The Kier molecular flexibility index (Phi) is 4.43. The molecule has 0 aliphatic heterocycles. The van der Waals surface area contributed by atoms with E-state index in [1.54, 1.807) is 20.8 Å². The molecule has 1 aromatic carbocycles. The number of hydrogen-bond acceptors (Lipinski definition) is 3. The van der Waals surface area contributed by atoms with Gasteiger partial charge in [-0.05, 0) is 18.2 Å². The molecule has 0 saturated carbocycles. The van der Waals surface area contributed by atoms with Crippen molar-refractivity contribution >= 4 is 27.3 Å². The molecule has 0 radical (unpaired) electrons. The lowest BCUT2D eigenvalue weighted by molar-refractivity contribution is -0.123. The van der Waals surface area contributed by atoms with Crippen molar-refractivity contribution in [3.63, 3.8) is 0 Å². The Labute approximate surface area is 118 Å². The molecule has 0 heterocycles. The summed E-state index contributed by atoms with van der Waals surface area (Å²) in [6.45, 7) is 5.13. The molecule has 0 unspecified atom stereocenters. The zero-order valence-corrected chi connectivity index (χ0v) is 13.0. The maximum absolute atomic E-state index is 13.3. The number of amides is 1. The Morgan fingerprint density at radius 2 is 1.85 bits per heavy atom. The highest BCUT2D eigenvalue weighted by atomic mass is 32.2. The predicted molar refractivity (Wildman–Crippen MR) is 77.7 cm³/mol. The fourth-order valence-electron chi connectivity index (χ4n) is 1.37. The average molecular weight is 302 g/mol. The zero-order chi connectivity index (χ0) is 15.7. The van der Waals surface area contributed by atoms with E-state index in [1.807, 2.05) is 0 Å². The minimum Gasteiger partial charge on any atom is -0.324 e. The lowest BCUT2D eigenvalue weighted by Gasteiger charge is -2.23. The third kappa shape index (κ3) is 3.93. The van der Waals surface area contributed by atoms with E-state index in [0.29, 0.717) is 0 Å². The van der Waals surface area contributed by atoms with Gasteiger partial charge in [-0.15, -0.1) is 0 Å². The molecule has 0 saturated heterocycles. The first-order valence-electron chi connectivity index (χ1n) is 5.98. The van der Waals surface area contributed by atoms with Gasteiger partial charge in [-0.3, -0.25) is 9.10 Å². The quantitative estimate of drug-likeness (QED) is 0.931. The molecule has 0 fully saturated rings. The van der Waals surface area contributed by atoms with E-state index in [4.69, 9.17) is 0 Å². The van der Waals surface area contributed by atoms with Gasteiger partial charge in [0, 0.05) is 12.5 Å². The highest BCUT2D eigenvalue weighted by Gasteiger charge is 2.24. The minimum atomic E-state index is -3.50. The maximum Gasteiger partial charge on any atom is 0.232 e. The van der Waals surface area contributed by atoms with Gasteiger partial charge in [-0.25, -0.2) is 12.8 Å². The number of halogens is 1. The van der Waals surface area contributed by atoms with Crippen LogP contribution in [-0.4, -0.2) is 27.6 Å². The summed E-state index contributed by atoms with van der Waals surface area (Å²) in [5.74, 6) is -0.883. The van der Waals surface area contributed by atoms with Crippen LogP contribution in [0.25, 0.3) is 0 Å². The highest BCUT2D eigenvalue weighted by molar-refractivity contribution is 7.92. The fourth-order valence-corrected chi connectivity index (χ4v) is 1.89. The number of anilines is 2. The molecule has 0 bridgehead atoms. The summed E-state index contributed by atoms with van der Waals surface area (Å²) in [7, 11) is -2.16. The number of benzene rings is 1. The maximum atomic E-state index is 13.3. The van der Waals surface area contributed by atoms with E-state index in [-0.39, 0.29) is 17.3 Å². The van der Waals surface area contributed by atoms with E-state index in [9.17, 15) is 17.6 Å². The third-order valence-electron chi connectivity index (χ3n) is 2.72. The number of rotatable bonds is 3. The summed E-state index contributed by atoms with van der Waals surface area (Å²) in [6.07, 6.45) is 1.03. The van der Waals surface area contributed by atoms with Crippen LogP contribution in [0.5, 0.6) is 0 Å². The van der Waals surface area contributed by atoms with E-state index < -0.39 is 21.3 Å². The lowest BCUT2D eigenvalue weighted by Crippen LogP contribution is -2.30.